The van der Waals surface area contributed by atoms with Crippen molar-refractivity contribution in [2.45, 2.75) is 25.2 Å². The highest BCUT2D eigenvalue weighted by Crippen LogP contribution is 2.29. The summed E-state index contributed by atoms with van der Waals surface area (Å²) >= 11 is 0. The molecular formula is C24H26FN5O. The molecule has 0 bridgehead atoms. The second kappa shape index (κ2) is 9.20. The van der Waals surface area contributed by atoms with Gasteiger partial charge in [-0.3, -0.25) is 9.78 Å². The van der Waals surface area contributed by atoms with Crippen LogP contribution in [-0.4, -0.2) is 52.9 Å². The van der Waals surface area contributed by atoms with Crippen molar-refractivity contribution in [2.24, 2.45) is 0 Å². The molecule has 160 valence electrons. The molecule has 31 heavy (non-hydrogen) atoms. The Morgan fingerprint density at radius 1 is 1.19 bits per heavy atom. The molecule has 3 aromatic rings. The standard InChI is InChI=1S/C24H26FN5O/c1-29(2)22-14-21(27-24(28-22)18-8-5-11-26-15-18)19-9-6-12-30(16-19)23(31)13-17-7-3-4-10-20(17)25/h3-5,7-8,10-11,14-15,19H,6,9,12-13,16H2,1-2H3/t19-/m0/s1. The lowest BCUT2D eigenvalue weighted by Gasteiger charge is -2.33. The molecule has 0 spiro atoms. The first kappa shape index (κ1) is 20.9. The molecule has 7 heteroatoms. The van der Waals surface area contributed by atoms with Crippen molar-refractivity contribution < 1.29 is 9.18 Å². The van der Waals surface area contributed by atoms with E-state index in [4.69, 9.17) is 4.98 Å². The van der Waals surface area contributed by atoms with Crippen LogP contribution in [0.2, 0.25) is 0 Å². The first-order valence-corrected chi connectivity index (χ1v) is 10.5. The van der Waals surface area contributed by atoms with E-state index in [-0.39, 0.29) is 24.1 Å². The fraction of sp³-hybridized carbons (Fsp3) is 0.333. The number of likely N-dealkylation sites (tertiary alicyclic amines) is 1. The minimum Gasteiger partial charge on any atom is -0.363 e. The maximum atomic E-state index is 14.0. The molecular weight excluding hydrogens is 393 g/mol. The number of aromatic nitrogens is 3. The average Bonchev–Trinajstić information content (AvgIpc) is 2.81. The van der Waals surface area contributed by atoms with Crippen LogP contribution in [0.5, 0.6) is 0 Å². The van der Waals surface area contributed by atoms with Gasteiger partial charge in [0.15, 0.2) is 5.82 Å². The number of halogens is 1. The molecule has 1 aliphatic heterocycles. The van der Waals surface area contributed by atoms with Crippen LogP contribution in [-0.2, 0) is 11.2 Å². The number of amides is 1. The van der Waals surface area contributed by atoms with Crippen LogP contribution in [0.25, 0.3) is 11.4 Å². The molecule has 1 fully saturated rings. The normalized spacial score (nSPS) is 16.2. The minimum absolute atomic E-state index is 0.0517. The zero-order chi connectivity index (χ0) is 21.8. The summed E-state index contributed by atoms with van der Waals surface area (Å²) in [4.78, 5) is 30.3. The number of anilines is 1. The fourth-order valence-electron chi connectivity index (χ4n) is 3.88. The van der Waals surface area contributed by atoms with Gasteiger partial charge in [-0.25, -0.2) is 14.4 Å². The molecule has 2 aromatic heterocycles. The number of hydrogen-bond acceptors (Lipinski definition) is 5. The van der Waals surface area contributed by atoms with Crippen LogP contribution in [0.4, 0.5) is 10.2 Å². The van der Waals surface area contributed by atoms with Crippen LogP contribution in [0.1, 0.15) is 30.0 Å². The van der Waals surface area contributed by atoms with E-state index in [9.17, 15) is 9.18 Å². The van der Waals surface area contributed by atoms with E-state index in [2.05, 4.69) is 9.97 Å². The summed E-state index contributed by atoms with van der Waals surface area (Å²) in [5, 5.41) is 0. The number of rotatable bonds is 5. The Morgan fingerprint density at radius 2 is 2.03 bits per heavy atom. The predicted molar refractivity (Wildman–Crippen MR) is 118 cm³/mol. The van der Waals surface area contributed by atoms with Gasteiger partial charge < -0.3 is 9.80 Å². The van der Waals surface area contributed by atoms with E-state index in [1.165, 1.54) is 6.07 Å². The highest BCUT2D eigenvalue weighted by Gasteiger charge is 2.27. The molecule has 1 amide bonds. The number of pyridine rings is 1. The van der Waals surface area contributed by atoms with Gasteiger partial charge in [-0.1, -0.05) is 18.2 Å². The molecule has 1 aromatic carbocycles. The molecule has 0 unspecified atom stereocenters. The minimum atomic E-state index is -0.336. The third kappa shape index (κ3) is 4.87. The van der Waals surface area contributed by atoms with Gasteiger partial charge in [0.05, 0.1) is 12.1 Å². The van der Waals surface area contributed by atoms with Gasteiger partial charge in [-0.2, -0.15) is 0 Å². The third-order valence-electron chi connectivity index (χ3n) is 5.60. The molecule has 0 aliphatic carbocycles. The summed E-state index contributed by atoms with van der Waals surface area (Å²) in [6, 6.07) is 12.3. The summed E-state index contributed by atoms with van der Waals surface area (Å²) in [5.41, 5.74) is 2.21. The van der Waals surface area contributed by atoms with E-state index < -0.39 is 0 Å². The Bertz CT molecular complexity index is 1060. The van der Waals surface area contributed by atoms with Crippen LogP contribution in [0, 0.1) is 5.82 Å². The van der Waals surface area contributed by atoms with E-state index in [0.717, 1.165) is 29.9 Å². The number of piperidine rings is 1. The van der Waals surface area contributed by atoms with Crippen molar-refractivity contribution in [3.8, 4) is 11.4 Å². The lowest BCUT2D eigenvalue weighted by Crippen LogP contribution is -2.40. The van der Waals surface area contributed by atoms with E-state index >= 15 is 0 Å². The number of nitrogens with zero attached hydrogens (tertiary/aromatic N) is 5. The van der Waals surface area contributed by atoms with Crippen molar-refractivity contribution in [3.63, 3.8) is 0 Å². The quantitative estimate of drug-likeness (QED) is 0.631. The largest absolute Gasteiger partial charge is 0.363 e. The number of carbonyl (C=O) groups is 1. The van der Waals surface area contributed by atoms with E-state index in [1.54, 1.807) is 30.6 Å². The Balaban J connectivity index is 1.57. The van der Waals surface area contributed by atoms with E-state index in [1.807, 2.05) is 42.1 Å². The highest BCUT2D eigenvalue weighted by molar-refractivity contribution is 5.79. The highest BCUT2D eigenvalue weighted by atomic mass is 19.1. The van der Waals surface area contributed by atoms with Crippen molar-refractivity contribution >= 4 is 11.7 Å². The number of hydrogen-bond donors (Lipinski definition) is 0. The van der Waals surface area contributed by atoms with Crippen LogP contribution in [0.15, 0.2) is 54.9 Å². The van der Waals surface area contributed by atoms with E-state index in [0.29, 0.717) is 24.5 Å². The summed E-state index contributed by atoms with van der Waals surface area (Å²) in [7, 11) is 3.90. The van der Waals surface area contributed by atoms with Gasteiger partial charge in [0.25, 0.3) is 0 Å². The molecule has 0 N–H and O–H groups in total. The van der Waals surface area contributed by atoms with Crippen molar-refractivity contribution in [2.75, 3.05) is 32.1 Å². The van der Waals surface area contributed by atoms with Crippen molar-refractivity contribution in [1.29, 1.82) is 0 Å². The Morgan fingerprint density at radius 3 is 2.77 bits per heavy atom. The molecule has 1 aliphatic rings. The van der Waals surface area contributed by atoms with Gasteiger partial charge >= 0.3 is 0 Å². The molecule has 4 rings (SSSR count). The SMILES string of the molecule is CN(C)c1cc([C@H]2CCCN(C(=O)Cc3ccccc3F)C2)nc(-c2cccnc2)n1. The Kier molecular flexibility index (Phi) is 6.21. The van der Waals surface area contributed by atoms with Gasteiger partial charge in [0.2, 0.25) is 5.91 Å². The average molecular weight is 420 g/mol. The summed E-state index contributed by atoms with van der Waals surface area (Å²) in [5.74, 6) is 1.17. The predicted octanol–water partition coefficient (Wildman–Crippen LogP) is 3.69. The van der Waals surface area contributed by atoms with Gasteiger partial charge in [-0.15, -0.1) is 0 Å². The van der Waals surface area contributed by atoms with Crippen molar-refractivity contribution in [3.05, 3.63) is 71.9 Å². The van der Waals surface area contributed by atoms with Gasteiger partial charge in [-0.05, 0) is 36.6 Å². The Labute approximate surface area is 181 Å². The number of benzene rings is 1. The van der Waals surface area contributed by atoms with Crippen LogP contribution in [0.3, 0.4) is 0 Å². The lowest BCUT2D eigenvalue weighted by molar-refractivity contribution is -0.131. The maximum Gasteiger partial charge on any atom is 0.227 e. The van der Waals surface area contributed by atoms with Gasteiger partial charge in [0.1, 0.15) is 11.6 Å². The smallest absolute Gasteiger partial charge is 0.227 e. The topological polar surface area (TPSA) is 62.2 Å². The molecule has 0 radical (unpaired) electrons. The summed E-state index contributed by atoms with van der Waals surface area (Å²) in [6.45, 7) is 1.26. The molecule has 6 nitrogen and oxygen atoms in total. The first-order valence-electron chi connectivity index (χ1n) is 10.5. The summed E-state index contributed by atoms with van der Waals surface area (Å²) < 4.78 is 14.0. The van der Waals surface area contributed by atoms with Gasteiger partial charge in [0, 0.05) is 57.1 Å². The lowest BCUT2D eigenvalue weighted by atomic mass is 9.93. The van der Waals surface area contributed by atoms with Crippen LogP contribution < -0.4 is 4.90 Å². The second-order valence-electron chi connectivity index (χ2n) is 8.06. The Hall–Kier alpha value is -3.35. The van der Waals surface area contributed by atoms with Crippen LogP contribution >= 0.6 is 0 Å². The second-order valence-corrected chi connectivity index (χ2v) is 8.06. The molecule has 1 atom stereocenters. The van der Waals surface area contributed by atoms with Crippen molar-refractivity contribution in [1.82, 2.24) is 19.9 Å². The first-order chi connectivity index (χ1) is 15.0. The molecule has 0 saturated carbocycles. The zero-order valence-electron chi connectivity index (χ0n) is 17.8. The maximum absolute atomic E-state index is 14.0. The summed E-state index contributed by atoms with van der Waals surface area (Å²) in [6.07, 6.45) is 5.38. The molecule has 1 saturated heterocycles. The zero-order valence-corrected chi connectivity index (χ0v) is 17.8. The number of carbonyl (C=O) groups excluding carboxylic acids is 1. The molecule has 3 heterocycles. The monoisotopic (exact) mass is 419 g/mol. The third-order valence-corrected chi connectivity index (χ3v) is 5.60. The fourth-order valence-corrected chi connectivity index (χ4v) is 3.88.